The zero-order chi connectivity index (χ0) is 39.2. The van der Waals surface area contributed by atoms with Gasteiger partial charge in [0.1, 0.15) is 30.5 Å². The van der Waals surface area contributed by atoms with Gasteiger partial charge in [-0.1, -0.05) is 159 Å². The highest BCUT2D eigenvalue weighted by Crippen LogP contribution is 2.37. The first-order chi connectivity index (χ1) is 28.0. The quantitative estimate of drug-likeness (QED) is 0.0874. The third kappa shape index (κ3) is 11.5. The Bertz CT molecular complexity index is 1850. The van der Waals surface area contributed by atoms with Crippen LogP contribution in [-0.4, -0.2) is 61.7 Å². The minimum Gasteiger partial charge on any atom is -0.374 e. The van der Waals surface area contributed by atoms with Crippen molar-refractivity contribution in [3.05, 3.63) is 179 Å². The van der Waals surface area contributed by atoms with E-state index in [9.17, 15) is 0 Å². The molecule has 0 saturated carbocycles. The van der Waals surface area contributed by atoms with Crippen LogP contribution in [0.25, 0.3) is 0 Å². The second-order valence-electron chi connectivity index (χ2n) is 15.1. The lowest BCUT2D eigenvalue weighted by Gasteiger charge is -2.49. The average Bonchev–Trinajstić information content (AvgIpc) is 3.25. The van der Waals surface area contributed by atoms with E-state index in [1.807, 2.05) is 91.0 Å². The van der Waals surface area contributed by atoms with Crippen molar-refractivity contribution in [1.29, 1.82) is 0 Å². The first kappa shape index (κ1) is 41.0. The first-order valence-corrected chi connectivity index (χ1v) is 20.2. The maximum atomic E-state index is 7.23. The molecule has 7 rings (SSSR count). The zero-order valence-corrected chi connectivity index (χ0v) is 33.2. The fourth-order valence-electron chi connectivity index (χ4n) is 7.58. The molecule has 8 nitrogen and oxygen atoms in total. The monoisotopic (exact) mass is 772 g/mol. The van der Waals surface area contributed by atoms with Gasteiger partial charge in [-0.15, -0.1) is 0 Å². The van der Waals surface area contributed by atoms with Gasteiger partial charge in [-0.05, 0) is 41.7 Å². The number of hydrogen-bond donors (Lipinski definition) is 0. The van der Waals surface area contributed by atoms with Crippen LogP contribution in [0.4, 0.5) is 0 Å². The van der Waals surface area contributed by atoms with Gasteiger partial charge >= 0.3 is 0 Å². The smallest absolute Gasteiger partial charge is 0.187 e. The average molecular weight is 773 g/mol. The molecule has 2 saturated heterocycles. The minimum atomic E-state index is -0.857. The first-order valence-electron chi connectivity index (χ1n) is 20.2. The Hall–Kier alpha value is -4.22. The lowest BCUT2D eigenvalue weighted by atomic mass is 9.88. The molecule has 2 aliphatic heterocycles. The molecule has 0 N–H and O–H groups in total. The third-order valence-electron chi connectivity index (χ3n) is 10.9. The highest BCUT2D eigenvalue weighted by atomic mass is 16.7. The number of benzene rings is 5. The molecule has 0 bridgehead atoms. The molecule has 0 spiro atoms. The maximum absolute atomic E-state index is 7.23. The van der Waals surface area contributed by atoms with E-state index in [0.717, 1.165) is 27.8 Å². The van der Waals surface area contributed by atoms with Gasteiger partial charge in [-0.25, -0.2) is 0 Å². The van der Waals surface area contributed by atoms with E-state index in [-0.39, 0.29) is 36.9 Å². The molecule has 0 aliphatic carbocycles. The van der Waals surface area contributed by atoms with Gasteiger partial charge in [0.15, 0.2) is 6.29 Å². The van der Waals surface area contributed by atoms with Crippen molar-refractivity contribution in [2.75, 3.05) is 6.61 Å². The Balaban J connectivity index is 1.23. The fourth-order valence-corrected chi connectivity index (χ4v) is 7.58. The molecule has 5 unspecified atom stereocenters. The summed E-state index contributed by atoms with van der Waals surface area (Å²) in [5, 5.41) is 0. The van der Waals surface area contributed by atoms with Crippen LogP contribution in [0.1, 0.15) is 48.6 Å². The summed E-state index contributed by atoms with van der Waals surface area (Å²) < 4.78 is 54.6. The van der Waals surface area contributed by atoms with E-state index in [1.165, 1.54) is 0 Å². The van der Waals surface area contributed by atoms with Crippen LogP contribution in [0.15, 0.2) is 152 Å². The molecule has 2 aliphatic rings. The Morgan fingerprint density at radius 1 is 0.386 bits per heavy atom. The highest BCUT2D eigenvalue weighted by Gasteiger charge is 2.52. The molecule has 0 radical (unpaired) electrons. The van der Waals surface area contributed by atoms with E-state index in [2.05, 4.69) is 81.4 Å². The van der Waals surface area contributed by atoms with Crippen molar-refractivity contribution in [3.63, 3.8) is 0 Å². The summed E-state index contributed by atoms with van der Waals surface area (Å²) in [6.45, 7) is 8.41. The largest absolute Gasteiger partial charge is 0.374 e. The molecule has 300 valence electrons. The van der Waals surface area contributed by atoms with Crippen molar-refractivity contribution in [2.24, 2.45) is 5.92 Å². The van der Waals surface area contributed by atoms with E-state index in [1.54, 1.807) is 0 Å². The molecular formula is C49H56O8. The predicted molar refractivity (Wildman–Crippen MR) is 219 cm³/mol. The van der Waals surface area contributed by atoms with Gasteiger partial charge in [-0.3, -0.25) is 0 Å². The van der Waals surface area contributed by atoms with Crippen LogP contribution in [0.3, 0.4) is 0 Å². The van der Waals surface area contributed by atoms with Crippen molar-refractivity contribution < 1.29 is 37.9 Å². The fraction of sp³-hybridized carbons (Fsp3) is 0.388. The Morgan fingerprint density at radius 3 is 1.23 bits per heavy atom. The highest BCUT2D eigenvalue weighted by molar-refractivity contribution is 5.17. The molecule has 8 heteroatoms. The van der Waals surface area contributed by atoms with E-state index in [0.29, 0.717) is 33.0 Å². The predicted octanol–water partition coefficient (Wildman–Crippen LogP) is 9.10. The summed E-state index contributed by atoms with van der Waals surface area (Å²) in [6, 6.07) is 50.8. The zero-order valence-electron chi connectivity index (χ0n) is 33.2. The molecule has 5 aromatic rings. The standard InChI is InChI=1S/C49H56O8/c1-35-36(2)55-37(3)45(51-30-39-21-11-5-12-22-39)44(35)57-49-48(54-33-42-27-17-8-18-28-42)47(53-32-41-25-15-7-16-26-41)46(52-31-40-23-13-6-14-24-40)43(56-49)34-50-29-38-19-9-4-10-20-38/h4-28,35-37,43-49H,29-34H2,1-3H3/t35?,36?,37?,43-,44+,45+,46-,47?,48?,49-/m1/s1. The number of ether oxygens (including phenoxy) is 8. The molecule has 2 heterocycles. The van der Waals surface area contributed by atoms with Crippen LogP contribution in [-0.2, 0) is 70.9 Å². The summed E-state index contributed by atoms with van der Waals surface area (Å²) in [4.78, 5) is 0. The molecule has 2 fully saturated rings. The number of hydrogen-bond acceptors (Lipinski definition) is 8. The molecule has 57 heavy (non-hydrogen) atoms. The topological polar surface area (TPSA) is 73.8 Å². The van der Waals surface area contributed by atoms with Crippen LogP contribution in [0.5, 0.6) is 0 Å². The lowest BCUT2D eigenvalue weighted by Crippen LogP contribution is -2.64. The van der Waals surface area contributed by atoms with E-state index < -0.39 is 30.7 Å². The third-order valence-corrected chi connectivity index (χ3v) is 10.9. The van der Waals surface area contributed by atoms with Gasteiger partial charge in [0.2, 0.25) is 0 Å². The maximum Gasteiger partial charge on any atom is 0.187 e. The van der Waals surface area contributed by atoms with Crippen molar-refractivity contribution in [1.82, 2.24) is 0 Å². The second kappa shape index (κ2) is 21.0. The van der Waals surface area contributed by atoms with Crippen LogP contribution < -0.4 is 0 Å². The van der Waals surface area contributed by atoms with Gasteiger partial charge in [0.25, 0.3) is 0 Å². The summed E-state index contributed by atoms with van der Waals surface area (Å²) in [6.07, 6.45) is -4.34. The van der Waals surface area contributed by atoms with Crippen LogP contribution >= 0.6 is 0 Å². The minimum absolute atomic E-state index is 0.0242. The molecule has 0 aromatic heterocycles. The van der Waals surface area contributed by atoms with E-state index in [4.69, 9.17) is 37.9 Å². The number of rotatable bonds is 18. The SMILES string of the molecule is CC1OC(C)[C@H](OCc2ccccc2)[C@@H](O[C@H]2O[C@H](COCc3ccccc3)[C@@H](OCc3ccccc3)C(OCc3ccccc3)C2OCc2ccccc2)C1C. The molecule has 5 aromatic carbocycles. The van der Waals surface area contributed by atoms with Crippen molar-refractivity contribution >= 4 is 0 Å². The van der Waals surface area contributed by atoms with Crippen LogP contribution in [0.2, 0.25) is 0 Å². The van der Waals surface area contributed by atoms with Gasteiger partial charge in [-0.2, -0.15) is 0 Å². The molecule has 10 atom stereocenters. The van der Waals surface area contributed by atoms with Gasteiger partial charge in [0, 0.05) is 5.92 Å². The summed E-state index contributed by atoms with van der Waals surface area (Å²) in [5.41, 5.74) is 5.26. The Kier molecular flexibility index (Phi) is 15.1. The van der Waals surface area contributed by atoms with Gasteiger partial charge < -0.3 is 37.9 Å². The second-order valence-corrected chi connectivity index (χ2v) is 15.1. The molecule has 0 amide bonds. The van der Waals surface area contributed by atoms with Crippen molar-refractivity contribution in [2.45, 2.75) is 109 Å². The summed E-state index contributed by atoms with van der Waals surface area (Å²) in [7, 11) is 0. The van der Waals surface area contributed by atoms with Crippen molar-refractivity contribution in [3.8, 4) is 0 Å². The Labute approximate surface area is 337 Å². The van der Waals surface area contributed by atoms with E-state index >= 15 is 0 Å². The summed E-state index contributed by atoms with van der Waals surface area (Å²) >= 11 is 0. The van der Waals surface area contributed by atoms with Crippen LogP contribution in [0, 0.1) is 5.92 Å². The normalized spacial score (nSPS) is 27.6. The molecular weight excluding hydrogens is 717 g/mol. The lowest BCUT2D eigenvalue weighted by molar-refractivity contribution is -0.354. The Morgan fingerprint density at radius 2 is 0.772 bits per heavy atom. The van der Waals surface area contributed by atoms with Gasteiger partial charge in [0.05, 0.1) is 58.0 Å². The summed E-state index contributed by atoms with van der Waals surface area (Å²) in [5.74, 6) is -0.0242.